The van der Waals surface area contributed by atoms with Gasteiger partial charge >= 0.3 is 6.03 Å². The summed E-state index contributed by atoms with van der Waals surface area (Å²) < 4.78 is 1.54. The van der Waals surface area contributed by atoms with Crippen molar-refractivity contribution < 1.29 is 4.79 Å². The molecule has 6 heteroatoms. The van der Waals surface area contributed by atoms with Crippen LogP contribution in [0.15, 0.2) is 35.3 Å². The molecule has 1 N–H and O–H groups in total. The summed E-state index contributed by atoms with van der Waals surface area (Å²) in [7, 11) is 1.72. The van der Waals surface area contributed by atoms with Gasteiger partial charge in [-0.1, -0.05) is 6.07 Å². The second kappa shape index (κ2) is 5.81. The molecule has 1 aromatic carbocycles. The van der Waals surface area contributed by atoms with Gasteiger partial charge in [0.2, 0.25) is 0 Å². The number of rotatable bonds is 1. The van der Waals surface area contributed by atoms with Crippen LogP contribution in [-0.2, 0) is 7.05 Å². The Hall–Kier alpha value is -1.95. The number of aromatic nitrogens is 1. The third kappa shape index (κ3) is 2.90. The van der Waals surface area contributed by atoms with Crippen LogP contribution in [0.25, 0.3) is 10.8 Å². The SMILES string of the molecule is Cn1ccc2ccc(NC(=O)N3CCSCC3)cc2c1=O. The van der Waals surface area contributed by atoms with E-state index < -0.39 is 0 Å². The number of nitrogens with zero attached hydrogens (tertiary/aromatic N) is 2. The smallest absolute Gasteiger partial charge is 0.321 e. The van der Waals surface area contributed by atoms with Gasteiger partial charge in [-0.05, 0) is 23.6 Å². The molecule has 0 atom stereocenters. The van der Waals surface area contributed by atoms with E-state index >= 15 is 0 Å². The number of fused-ring (bicyclic) bond motifs is 1. The quantitative estimate of drug-likeness (QED) is 0.878. The van der Waals surface area contributed by atoms with E-state index in [0.717, 1.165) is 30.0 Å². The Kier molecular flexibility index (Phi) is 3.88. The van der Waals surface area contributed by atoms with Crippen LogP contribution in [0.1, 0.15) is 0 Å². The third-order valence-electron chi connectivity index (χ3n) is 3.63. The van der Waals surface area contributed by atoms with Gasteiger partial charge in [-0.2, -0.15) is 11.8 Å². The van der Waals surface area contributed by atoms with Crippen molar-refractivity contribution in [3.8, 4) is 0 Å². The second-order valence-electron chi connectivity index (χ2n) is 5.06. The van der Waals surface area contributed by atoms with Crippen LogP contribution in [0.4, 0.5) is 10.5 Å². The maximum Gasteiger partial charge on any atom is 0.321 e. The molecule has 0 saturated carbocycles. The highest BCUT2D eigenvalue weighted by Crippen LogP contribution is 2.17. The number of carbonyl (C=O) groups is 1. The van der Waals surface area contributed by atoms with Crippen molar-refractivity contribution in [3.63, 3.8) is 0 Å². The Bertz CT molecular complexity index is 735. The third-order valence-corrected chi connectivity index (χ3v) is 4.57. The van der Waals surface area contributed by atoms with Gasteiger partial charge in [0.25, 0.3) is 5.56 Å². The second-order valence-corrected chi connectivity index (χ2v) is 6.29. The van der Waals surface area contributed by atoms with E-state index in [1.807, 2.05) is 34.9 Å². The zero-order valence-electron chi connectivity index (χ0n) is 11.8. The van der Waals surface area contributed by atoms with E-state index in [1.165, 1.54) is 4.57 Å². The molecule has 0 spiro atoms. The van der Waals surface area contributed by atoms with Gasteiger partial charge in [-0.3, -0.25) is 4.79 Å². The Balaban J connectivity index is 1.85. The average Bonchev–Trinajstić information content (AvgIpc) is 2.52. The molecule has 110 valence electrons. The van der Waals surface area contributed by atoms with Crippen molar-refractivity contribution in [2.45, 2.75) is 0 Å². The fraction of sp³-hybridized carbons (Fsp3) is 0.333. The Morgan fingerprint density at radius 1 is 1.24 bits per heavy atom. The predicted molar refractivity (Wildman–Crippen MR) is 87.1 cm³/mol. The fourth-order valence-electron chi connectivity index (χ4n) is 2.38. The lowest BCUT2D eigenvalue weighted by molar-refractivity contribution is 0.217. The van der Waals surface area contributed by atoms with Crippen LogP contribution < -0.4 is 10.9 Å². The van der Waals surface area contributed by atoms with Gasteiger partial charge in [-0.25, -0.2) is 4.79 Å². The van der Waals surface area contributed by atoms with Crippen LogP contribution >= 0.6 is 11.8 Å². The summed E-state index contributed by atoms with van der Waals surface area (Å²) in [6.07, 6.45) is 1.74. The van der Waals surface area contributed by atoms with Crippen LogP contribution in [-0.4, -0.2) is 40.1 Å². The lowest BCUT2D eigenvalue weighted by Gasteiger charge is -2.26. The highest BCUT2D eigenvalue weighted by atomic mass is 32.2. The van der Waals surface area contributed by atoms with Crippen molar-refractivity contribution in [2.24, 2.45) is 7.05 Å². The van der Waals surface area contributed by atoms with E-state index in [9.17, 15) is 9.59 Å². The largest absolute Gasteiger partial charge is 0.323 e. The number of benzene rings is 1. The molecule has 1 aliphatic heterocycles. The average molecular weight is 303 g/mol. The lowest BCUT2D eigenvalue weighted by atomic mass is 10.1. The monoisotopic (exact) mass is 303 g/mol. The molecule has 0 aliphatic carbocycles. The molecule has 1 aliphatic rings. The minimum atomic E-state index is -0.0950. The molecule has 0 unspecified atom stereocenters. The van der Waals surface area contributed by atoms with Gasteiger partial charge in [-0.15, -0.1) is 0 Å². The van der Waals surface area contributed by atoms with Gasteiger partial charge in [0.1, 0.15) is 0 Å². The van der Waals surface area contributed by atoms with Crippen LogP contribution in [0.2, 0.25) is 0 Å². The number of carbonyl (C=O) groups excluding carboxylic acids is 1. The summed E-state index contributed by atoms with van der Waals surface area (Å²) in [6.45, 7) is 1.54. The molecule has 2 aromatic rings. The van der Waals surface area contributed by atoms with Crippen LogP contribution in [0.3, 0.4) is 0 Å². The summed E-state index contributed by atoms with van der Waals surface area (Å²) in [5.41, 5.74) is 0.604. The van der Waals surface area contributed by atoms with E-state index in [4.69, 9.17) is 0 Å². The predicted octanol–water partition coefficient (Wildman–Crippen LogP) is 2.12. The van der Waals surface area contributed by atoms with Gasteiger partial charge in [0.05, 0.1) is 0 Å². The van der Waals surface area contributed by atoms with E-state index in [-0.39, 0.29) is 11.6 Å². The molecule has 2 amide bonds. The number of pyridine rings is 1. The molecule has 5 nitrogen and oxygen atoms in total. The first-order valence-corrected chi connectivity index (χ1v) is 8.04. The maximum absolute atomic E-state index is 12.2. The zero-order chi connectivity index (χ0) is 14.8. The molecule has 0 radical (unpaired) electrons. The molecule has 2 heterocycles. The molecular weight excluding hydrogens is 286 g/mol. The normalized spacial score (nSPS) is 15.2. The minimum absolute atomic E-state index is 0.0574. The fourth-order valence-corrected chi connectivity index (χ4v) is 3.29. The van der Waals surface area contributed by atoms with Crippen molar-refractivity contribution in [3.05, 3.63) is 40.8 Å². The molecule has 21 heavy (non-hydrogen) atoms. The summed E-state index contributed by atoms with van der Waals surface area (Å²) in [5.74, 6) is 1.96. The highest BCUT2D eigenvalue weighted by Gasteiger charge is 2.16. The van der Waals surface area contributed by atoms with Crippen LogP contribution in [0.5, 0.6) is 0 Å². The number of thioether (sulfide) groups is 1. The van der Waals surface area contributed by atoms with Crippen molar-refractivity contribution >= 4 is 34.3 Å². The van der Waals surface area contributed by atoms with Gasteiger partial charge in [0.15, 0.2) is 0 Å². The first kappa shape index (κ1) is 14.0. The zero-order valence-corrected chi connectivity index (χ0v) is 12.7. The summed E-state index contributed by atoms with van der Waals surface area (Å²) in [6, 6.07) is 7.23. The molecule has 0 bridgehead atoms. The topological polar surface area (TPSA) is 54.3 Å². The number of anilines is 1. The molecule has 3 rings (SSSR count). The number of nitrogens with one attached hydrogen (secondary N) is 1. The first-order chi connectivity index (χ1) is 10.1. The number of aryl methyl sites for hydroxylation is 1. The molecule has 1 saturated heterocycles. The Morgan fingerprint density at radius 3 is 2.76 bits per heavy atom. The number of amides is 2. The minimum Gasteiger partial charge on any atom is -0.323 e. The Morgan fingerprint density at radius 2 is 2.00 bits per heavy atom. The van der Waals surface area contributed by atoms with Crippen molar-refractivity contribution in [1.82, 2.24) is 9.47 Å². The van der Waals surface area contributed by atoms with Gasteiger partial charge in [0, 0.05) is 48.9 Å². The molecule has 1 fully saturated rings. The Labute approximate surface area is 126 Å². The lowest BCUT2D eigenvalue weighted by Crippen LogP contribution is -2.40. The highest BCUT2D eigenvalue weighted by molar-refractivity contribution is 7.99. The summed E-state index contributed by atoms with van der Waals surface area (Å²) in [5, 5.41) is 4.38. The summed E-state index contributed by atoms with van der Waals surface area (Å²) in [4.78, 5) is 26.1. The number of hydrogen-bond acceptors (Lipinski definition) is 3. The van der Waals surface area contributed by atoms with Crippen molar-refractivity contribution in [1.29, 1.82) is 0 Å². The van der Waals surface area contributed by atoms with E-state index in [0.29, 0.717) is 11.1 Å². The van der Waals surface area contributed by atoms with E-state index in [1.54, 1.807) is 19.3 Å². The number of urea groups is 1. The summed E-state index contributed by atoms with van der Waals surface area (Å²) >= 11 is 1.86. The molecule has 1 aromatic heterocycles. The maximum atomic E-state index is 12.2. The van der Waals surface area contributed by atoms with Gasteiger partial charge < -0.3 is 14.8 Å². The van der Waals surface area contributed by atoms with Crippen molar-refractivity contribution in [2.75, 3.05) is 29.9 Å². The van der Waals surface area contributed by atoms with Crippen LogP contribution in [0, 0.1) is 0 Å². The number of hydrogen-bond donors (Lipinski definition) is 1. The van der Waals surface area contributed by atoms with E-state index in [2.05, 4.69) is 5.32 Å². The molecular formula is C15H17N3O2S. The standard InChI is InChI=1S/C15H17N3O2S/c1-17-5-4-11-2-3-12(10-13(11)14(17)19)16-15(20)18-6-8-21-9-7-18/h2-5,10H,6-9H2,1H3,(H,16,20). The first-order valence-electron chi connectivity index (χ1n) is 6.88.